The number of hydrogen-bond donors (Lipinski definition) is 3. The van der Waals surface area contributed by atoms with Gasteiger partial charge in [0.25, 0.3) is 0 Å². The lowest BCUT2D eigenvalue weighted by Crippen LogP contribution is -2.49. The maximum Gasteiger partial charge on any atom is 0.475 e. The summed E-state index contributed by atoms with van der Waals surface area (Å²) in [5.41, 5.74) is 3.15. The molecular weight excluding hydrogens is 437 g/mol. The molecular formula is C26H27BClNO4. The van der Waals surface area contributed by atoms with Crippen LogP contribution < -0.4 is 5.32 Å². The summed E-state index contributed by atoms with van der Waals surface area (Å²) in [4.78, 5) is 26.2. The summed E-state index contributed by atoms with van der Waals surface area (Å²) in [6.07, 6.45) is 1.04. The highest BCUT2D eigenvalue weighted by molar-refractivity contribution is 6.43. The van der Waals surface area contributed by atoms with Crippen LogP contribution in [-0.2, 0) is 17.6 Å². The van der Waals surface area contributed by atoms with Gasteiger partial charge in [-0.05, 0) is 41.7 Å². The highest BCUT2D eigenvalue weighted by Gasteiger charge is 2.31. The van der Waals surface area contributed by atoms with Crippen LogP contribution in [0.2, 0.25) is 5.02 Å². The third kappa shape index (κ3) is 7.03. The molecule has 0 radical (unpaired) electrons. The van der Waals surface area contributed by atoms with Crippen LogP contribution in [0.25, 0.3) is 0 Å². The maximum absolute atomic E-state index is 13.3. The Bertz CT molecular complexity index is 1070. The van der Waals surface area contributed by atoms with Crippen LogP contribution >= 0.6 is 11.6 Å². The summed E-state index contributed by atoms with van der Waals surface area (Å²) >= 11 is 6.00. The first kappa shape index (κ1) is 24.7. The zero-order valence-electron chi connectivity index (χ0n) is 18.4. The lowest BCUT2D eigenvalue weighted by molar-refractivity contribution is -0.123. The third-order valence-electron chi connectivity index (χ3n) is 5.62. The van der Waals surface area contributed by atoms with Gasteiger partial charge in [-0.3, -0.25) is 9.59 Å². The molecule has 0 aliphatic rings. The Balaban J connectivity index is 1.82. The molecule has 3 aromatic carbocycles. The van der Waals surface area contributed by atoms with E-state index in [9.17, 15) is 19.6 Å². The number of nitrogens with one attached hydrogen (secondary N) is 1. The van der Waals surface area contributed by atoms with Crippen molar-refractivity contribution >= 4 is 30.4 Å². The maximum atomic E-state index is 13.3. The fraction of sp³-hybridized carbons (Fsp3) is 0.231. The van der Waals surface area contributed by atoms with Crippen molar-refractivity contribution in [2.75, 3.05) is 0 Å². The molecule has 33 heavy (non-hydrogen) atoms. The molecule has 0 saturated heterocycles. The van der Waals surface area contributed by atoms with Crippen molar-refractivity contribution < 1.29 is 19.6 Å². The Morgan fingerprint density at radius 2 is 1.61 bits per heavy atom. The number of amides is 1. The van der Waals surface area contributed by atoms with Gasteiger partial charge < -0.3 is 15.4 Å². The molecule has 2 atom stereocenters. The Hall–Kier alpha value is -2.93. The molecule has 170 valence electrons. The van der Waals surface area contributed by atoms with Gasteiger partial charge >= 0.3 is 7.12 Å². The molecule has 1 amide bonds. The van der Waals surface area contributed by atoms with E-state index in [0.29, 0.717) is 16.1 Å². The van der Waals surface area contributed by atoms with Crippen LogP contribution in [0.5, 0.6) is 0 Å². The molecule has 3 aromatic rings. The van der Waals surface area contributed by atoms with Crippen molar-refractivity contribution in [2.24, 2.45) is 0 Å². The van der Waals surface area contributed by atoms with Crippen LogP contribution in [0.3, 0.4) is 0 Å². The van der Waals surface area contributed by atoms with Crippen LogP contribution in [-0.4, -0.2) is 34.8 Å². The minimum Gasteiger partial charge on any atom is -0.426 e. The van der Waals surface area contributed by atoms with E-state index in [2.05, 4.69) is 5.32 Å². The van der Waals surface area contributed by atoms with Crippen molar-refractivity contribution in [1.29, 1.82) is 0 Å². The van der Waals surface area contributed by atoms with Crippen LogP contribution in [0.4, 0.5) is 0 Å². The molecule has 0 aromatic heterocycles. The predicted molar refractivity (Wildman–Crippen MR) is 131 cm³/mol. The van der Waals surface area contributed by atoms with Gasteiger partial charge in [-0.15, -0.1) is 0 Å². The van der Waals surface area contributed by atoms with E-state index in [1.165, 1.54) is 0 Å². The summed E-state index contributed by atoms with van der Waals surface area (Å²) in [7, 11) is -1.75. The second kappa shape index (κ2) is 11.8. The Kier molecular flexibility index (Phi) is 8.83. The number of aryl methyl sites for hydroxylation is 1. The fourth-order valence-electron chi connectivity index (χ4n) is 3.73. The molecule has 0 bridgehead atoms. The van der Waals surface area contributed by atoms with Gasteiger partial charge in [0.15, 0.2) is 5.78 Å². The van der Waals surface area contributed by atoms with Gasteiger partial charge in [-0.2, -0.15) is 0 Å². The number of benzene rings is 3. The van der Waals surface area contributed by atoms with Crippen molar-refractivity contribution in [3.63, 3.8) is 0 Å². The van der Waals surface area contributed by atoms with Gasteiger partial charge in [0.1, 0.15) is 0 Å². The first-order chi connectivity index (χ1) is 15.9. The summed E-state index contributed by atoms with van der Waals surface area (Å²) in [5.74, 6) is -2.36. The van der Waals surface area contributed by atoms with Gasteiger partial charge in [-0.25, -0.2) is 0 Å². The van der Waals surface area contributed by atoms with E-state index < -0.39 is 24.9 Å². The predicted octanol–water partition coefficient (Wildman–Crippen LogP) is 4.00. The topological polar surface area (TPSA) is 86.6 Å². The fourth-order valence-corrected chi connectivity index (χ4v) is 3.86. The zero-order valence-corrected chi connectivity index (χ0v) is 19.2. The molecule has 0 aliphatic carbocycles. The van der Waals surface area contributed by atoms with E-state index in [1.807, 2.05) is 37.3 Å². The highest BCUT2D eigenvalue weighted by atomic mass is 35.5. The molecule has 0 aliphatic heterocycles. The zero-order chi connectivity index (χ0) is 23.8. The first-order valence-electron chi connectivity index (χ1n) is 11.0. The Labute approximate surface area is 199 Å². The second-order valence-electron chi connectivity index (χ2n) is 8.00. The summed E-state index contributed by atoms with van der Waals surface area (Å²) in [6.45, 7) is 2.04. The van der Waals surface area contributed by atoms with Crippen molar-refractivity contribution in [1.82, 2.24) is 5.32 Å². The number of Topliss-reactive ketones (excluding diaryl/α,β-unsaturated/α-hetero) is 1. The monoisotopic (exact) mass is 463 g/mol. The molecule has 2 unspecified atom stereocenters. The lowest BCUT2D eigenvalue weighted by Gasteiger charge is -2.23. The molecule has 5 nitrogen and oxygen atoms in total. The summed E-state index contributed by atoms with van der Waals surface area (Å²) in [5, 5.41) is 23.2. The minimum atomic E-state index is -1.75. The van der Waals surface area contributed by atoms with Gasteiger partial charge in [0, 0.05) is 17.0 Å². The van der Waals surface area contributed by atoms with Crippen LogP contribution in [0.15, 0.2) is 78.9 Å². The SMILES string of the molecule is CCc1cccc(CC(NC(=O)C(CC(=O)c2ccccc2)c2ccc(Cl)cc2)B(O)O)c1. The average molecular weight is 464 g/mol. The normalized spacial score (nSPS) is 12.6. The van der Waals surface area contributed by atoms with Gasteiger partial charge in [-0.1, -0.05) is 85.3 Å². The minimum absolute atomic E-state index is 0.0585. The van der Waals surface area contributed by atoms with Crippen LogP contribution in [0.1, 0.15) is 46.3 Å². The summed E-state index contributed by atoms with van der Waals surface area (Å²) in [6, 6.07) is 23.3. The van der Waals surface area contributed by atoms with E-state index in [-0.39, 0.29) is 18.6 Å². The van der Waals surface area contributed by atoms with Crippen molar-refractivity contribution in [3.8, 4) is 0 Å². The second-order valence-corrected chi connectivity index (χ2v) is 8.44. The number of ketones is 1. The first-order valence-corrected chi connectivity index (χ1v) is 11.3. The smallest absolute Gasteiger partial charge is 0.426 e. The molecule has 0 spiro atoms. The average Bonchev–Trinajstić information content (AvgIpc) is 2.83. The molecule has 0 fully saturated rings. The van der Waals surface area contributed by atoms with Crippen molar-refractivity contribution in [2.45, 2.75) is 38.0 Å². The number of halogens is 1. The molecule has 3 N–H and O–H groups in total. The number of hydrogen-bond acceptors (Lipinski definition) is 4. The van der Waals surface area contributed by atoms with E-state index in [0.717, 1.165) is 17.5 Å². The Morgan fingerprint density at radius 1 is 0.939 bits per heavy atom. The highest BCUT2D eigenvalue weighted by Crippen LogP contribution is 2.25. The number of rotatable bonds is 10. The van der Waals surface area contributed by atoms with Gasteiger partial charge in [0.2, 0.25) is 5.91 Å². The Morgan fingerprint density at radius 3 is 2.24 bits per heavy atom. The van der Waals surface area contributed by atoms with Crippen LogP contribution in [0, 0.1) is 0 Å². The van der Waals surface area contributed by atoms with Crippen molar-refractivity contribution in [3.05, 3.63) is 106 Å². The number of carbonyl (C=O) groups excluding carboxylic acids is 2. The van der Waals surface area contributed by atoms with E-state index >= 15 is 0 Å². The largest absolute Gasteiger partial charge is 0.475 e. The molecule has 0 heterocycles. The lowest BCUT2D eigenvalue weighted by atomic mass is 9.75. The van der Waals surface area contributed by atoms with E-state index in [4.69, 9.17) is 11.6 Å². The van der Waals surface area contributed by atoms with E-state index in [1.54, 1.807) is 48.5 Å². The quantitative estimate of drug-likeness (QED) is 0.313. The van der Waals surface area contributed by atoms with Gasteiger partial charge in [0.05, 0.1) is 11.9 Å². The third-order valence-corrected chi connectivity index (χ3v) is 5.87. The molecule has 0 saturated carbocycles. The molecule has 3 rings (SSSR count). The number of carbonyl (C=O) groups is 2. The summed E-state index contributed by atoms with van der Waals surface area (Å²) < 4.78 is 0. The molecule has 7 heteroatoms. The standard InChI is InChI=1S/C26H27BClNO4/c1-2-18-7-6-8-19(15-18)16-25(27(32)33)29-26(31)23(20-11-13-22(28)14-12-20)17-24(30)21-9-4-3-5-10-21/h3-15,23,25,32-33H,2,16-17H2,1H3,(H,29,31).